The van der Waals surface area contributed by atoms with Gasteiger partial charge in [-0.1, -0.05) is 0 Å². The summed E-state index contributed by atoms with van der Waals surface area (Å²) in [4.78, 5) is 34.4. The summed E-state index contributed by atoms with van der Waals surface area (Å²) in [5.74, 6) is -1.99. The zero-order chi connectivity index (χ0) is 19.9. The van der Waals surface area contributed by atoms with Gasteiger partial charge in [0.05, 0.1) is 13.7 Å². The van der Waals surface area contributed by atoms with Crippen LogP contribution in [0.5, 0.6) is 0 Å². The topological polar surface area (TPSA) is 184 Å². The minimum atomic E-state index is -1.53. The summed E-state index contributed by atoms with van der Waals surface area (Å²) in [5.41, 5.74) is 0. The third-order valence-corrected chi connectivity index (χ3v) is 3.61. The van der Waals surface area contributed by atoms with Crippen molar-refractivity contribution >= 4 is 17.8 Å². The van der Waals surface area contributed by atoms with Crippen LogP contribution in [-0.2, 0) is 28.6 Å². The molecule has 0 saturated carbocycles. The first kappa shape index (κ1) is 22.2. The van der Waals surface area contributed by atoms with Crippen LogP contribution in [0.3, 0.4) is 0 Å². The van der Waals surface area contributed by atoms with Gasteiger partial charge >= 0.3 is 5.97 Å². The van der Waals surface area contributed by atoms with Gasteiger partial charge < -0.3 is 45.3 Å². The number of aliphatic hydroxyl groups excluding tert-OH is 4. The zero-order valence-electron chi connectivity index (χ0n) is 14.3. The molecule has 1 rings (SSSR count). The van der Waals surface area contributed by atoms with E-state index in [1.807, 2.05) is 0 Å². The predicted molar refractivity (Wildman–Crippen MR) is 82.3 cm³/mol. The minimum absolute atomic E-state index is 0.347. The lowest BCUT2D eigenvalue weighted by atomic mass is 10.1. The molecule has 6 N–H and O–H groups in total. The lowest BCUT2D eigenvalue weighted by Gasteiger charge is -2.18. The van der Waals surface area contributed by atoms with E-state index in [9.17, 15) is 29.7 Å². The lowest BCUT2D eigenvalue weighted by Crippen LogP contribution is -2.47. The number of esters is 1. The van der Waals surface area contributed by atoms with Crippen LogP contribution in [0.4, 0.5) is 0 Å². The Kier molecular flexibility index (Phi) is 8.84. The van der Waals surface area contributed by atoms with E-state index in [1.165, 1.54) is 6.92 Å². The van der Waals surface area contributed by atoms with Crippen molar-refractivity contribution in [2.75, 3.05) is 26.9 Å². The molecule has 0 aromatic carbocycles. The maximum Gasteiger partial charge on any atom is 0.325 e. The Morgan fingerprint density at radius 2 is 1.88 bits per heavy atom. The van der Waals surface area contributed by atoms with Crippen LogP contribution >= 0.6 is 0 Å². The van der Waals surface area contributed by atoms with Crippen molar-refractivity contribution in [1.82, 2.24) is 10.6 Å². The fourth-order valence-corrected chi connectivity index (χ4v) is 2.12. The van der Waals surface area contributed by atoms with E-state index in [1.54, 1.807) is 0 Å². The first-order valence-corrected chi connectivity index (χ1v) is 7.77. The predicted octanol–water partition coefficient (Wildman–Crippen LogP) is -4.40. The standard InChI is InChI=1S/C14H24N2O10/c1-6(13(23)15-3-9(20)24-2)16-8(19)5-25-14-11(22)10(21)12(26-14)7(18)4-17/h6-7,10-12,14,17-18,21-22H,3-5H2,1-2H3,(H,15,23)(H,16,19)/t6-,7-,10-,11+,12-,14+/m1/s1. The number of hydrogen-bond acceptors (Lipinski definition) is 10. The number of methoxy groups -OCH3 is 1. The molecule has 0 aromatic heterocycles. The van der Waals surface area contributed by atoms with Gasteiger partial charge in [0.1, 0.15) is 43.6 Å². The molecule has 1 aliphatic rings. The van der Waals surface area contributed by atoms with Gasteiger partial charge in [0, 0.05) is 0 Å². The summed E-state index contributed by atoms with van der Waals surface area (Å²) in [7, 11) is 1.16. The minimum Gasteiger partial charge on any atom is -0.468 e. The largest absolute Gasteiger partial charge is 0.468 e. The van der Waals surface area contributed by atoms with Crippen molar-refractivity contribution in [2.45, 2.75) is 43.7 Å². The summed E-state index contributed by atoms with van der Waals surface area (Å²) in [6.07, 6.45) is -7.14. The summed E-state index contributed by atoms with van der Waals surface area (Å²) in [5, 5.41) is 42.4. The highest BCUT2D eigenvalue weighted by Crippen LogP contribution is 2.24. The molecule has 2 amide bonds. The molecule has 150 valence electrons. The molecule has 1 heterocycles. The van der Waals surface area contributed by atoms with Crippen LogP contribution in [0.2, 0.25) is 0 Å². The molecule has 0 unspecified atom stereocenters. The number of ether oxygens (including phenoxy) is 3. The van der Waals surface area contributed by atoms with E-state index in [-0.39, 0.29) is 6.54 Å². The van der Waals surface area contributed by atoms with Crippen LogP contribution in [0.25, 0.3) is 0 Å². The number of nitrogens with one attached hydrogen (secondary N) is 2. The van der Waals surface area contributed by atoms with Crippen LogP contribution in [0.1, 0.15) is 6.92 Å². The summed E-state index contributed by atoms with van der Waals surface area (Å²) >= 11 is 0. The second kappa shape index (κ2) is 10.4. The van der Waals surface area contributed by atoms with E-state index >= 15 is 0 Å². The second-order valence-corrected chi connectivity index (χ2v) is 5.59. The highest BCUT2D eigenvalue weighted by Gasteiger charge is 2.46. The first-order chi connectivity index (χ1) is 12.2. The average molecular weight is 380 g/mol. The van der Waals surface area contributed by atoms with Gasteiger partial charge in [0.2, 0.25) is 11.8 Å². The normalized spacial score (nSPS) is 27.5. The van der Waals surface area contributed by atoms with Gasteiger partial charge in [-0.2, -0.15) is 0 Å². The Labute approximate surface area is 149 Å². The van der Waals surface area contributed by atoms with Gasteiger partial charge in [0.15, 0.2) is 6.29 Å². The SMILES string of the molecule is COC(=O)CNC(=O)[C@@H](C)NC(=O)CO[C@H]1O[C@H]([C@H](O)CO)[C@H](O)[C@@H]1O. The third kappa shape index (κ3) is 6.16. The Morgan fingerprint density at radius 1 is 1.23 bits per heavy atom. The molecule has 12 nitrogen and oxygen atoms in total. The lowest BCUT2D eigenvalue weighted by molar-refractivity contribution is -0.184. The van der Waals surface area contributed by atoms with E-state index < -0.39 is 67.7 Å². The van der Waals surface area contributed by atoms with E-state index in [0.29, 0.717) is 0 Å². The third-order valence-electron chi connectivity index (χ3n) is 3.61. The molecule has 1 fully saturated rings. The molecule has 0 bridgehead atoms. The monoisotopic (exact) mass is 380 g/mol. The average Bonchev–Trinajstić information content (AvgIpc) is 2.91. The van der Waals surface area contributed by atoms with Crippen molar-refractivity contribution in [2.24, 2.45) is 0 Å². The molecule has 1 aliphatic heterocycles. The maximum absolute atomic E-state index is 11.8. The molecular formula is C14H24N2O10. The summed E-state index contributed by atoms with van der Waals surface area (Å²) in [6.45, 7) is -0.270. The fraction of sp³-hybridized carbons (Fsp3) is 0.786. The van der Waals surface area contributed by atoms with E-state index in [4.69, 9.17) is 14.6 Å². The number of rotatable bonds is 9. The van der Waals surface area contributed by atoms with Gasteiger partial charge in [-0.3, -0.25) is 14.4 Å². The Hall–Kier alpha value is -1.83. The molecule has 0 aliphatic carbocycles. The fourth-order valence-electron chi connectivity index (χ4n) is 2.12. The number of amides is 2. The molecule has 0 radical (unpaired) electrons. The molecule has 26 heavy (non-hydrogen) atoms. The van der Waals surface area contributed by atoms with Crippen molar-refractivity contribution in [1.29, 1.82) is 0 Å². The molecule has 0 spiro atoms. The summed E-state index contributed by atoms with van der Waals surface area (Å²) in [6, 6.07) is -0.972. The quantitative estimate of drug-likeness (QED) is 0.213. The number of carbonyl (C=O) groups excluding carboxylic acids is 3. The molecule has 12 heteroatoms. The molecule has 1 saturated heterocycles. The van der Waals surface area contributed by atoms with Crippen molar-refractivity contribution in [3.05, 3.63) is 0 Å². The van der Waals surface area contributed by atoms with Gasteiger partial charge in [-0.15, -0.1) is 0 Å². The zero-order valence-corrected chi connectivity index (χ0v) is 14.3. The maximum atomic E-state index is 11.8. The number of hydrogen-bond donors (Lipinski definition) is 6. The van der Waals surface area contributed by atoms with Crippen molar-refractivity contribution < 1.29 is 49.0 Å². The van der Waals surface area contributed by atoms with Crippen LogP contribution in [0.15, 0.2) is 0 Å². The Bertz CT molecular complexity index is 502. The molecule has 0 aromatic rings. The number of carbonyl (C=O) groups is 3. The summed E-state index contributed by atoms with van der Waals surface area (Å²) < 4.78 is 14.5. The van der Waals surface area contributed by atoms with Crippen molar-refractivity contribution in [3.63, 3.8) is 0 Å². The van der Waals surface area contributed by atoms with Crippen LogP contribution in [0, 0.1) is 0 Å². The van der Waals surface area contributed by atoms with Crippen LogP contribution < -0.4 is 10.6 Å². The molecular weight excluding hydrogens is 356 g/mol. The smallest absolute Gasteiger partial charge is 0.325 e. The van der Waals surface area contributed by atoms with E-state index in [0.717, 1.165) is 7.11 Å². The van der Waals surface area contributed by atoms with Gasteiger partial charge in [0.25, 0.3) is 0 Å². The molecule has 6 atom stereocenters. The van der Waals surface area contributed by atoms with Gasteiger partial charge in [-0.25, -0.2) is 0 Å². The highest BCUT2D eigenvalue weighted by atomic mass is 16.7. The van der Waals surface area contributed by atoms with Crippen molar-refractivity contribution in [3.8, 4) is 0 Å². The second-order valence-electron chi connectivity index (χ2n) is 5.59. The Morgan fingerprint density at radius 3 is 2.46 bits per heavy atom. The van der Waals surface area contributed by atoms with E-state index in [2.05, 4.69) is 15.4 Å². The number of aliphatic hydroxyl groups is 4. The van der Waals surface area contributed by atoms with Gasteiger partial charge in [-0.05, 0) is 6.92 Å². The highest BCUT2D eigenvalue weighted by molar-refractivity contribution is 5.89. The first-order valence-electron chi connectivity index (χ1n) is 7.77. The van der Waals surface area contributed by atoms with Crippen LogP contribution in [-0.4, -0.2) is 102 Å². The Balaban J connectivity index is 2.39.